The van der Waals surface area contributed by atoms with Crippen LogP contribution in [0, 0.1) is 12.8 Å². The second-order valence-corrected chi connectivity index (χ2v) is 10.8. The quantitative estimate of drug-likeness (QED) is 0.694. The summed E-state index contributed by atoms with van der Waals surface area (Å²) in [5.41, 5.74) is 2.37. The van der Waals surface area contributed by atoms with Gasteiger partial charge in [0.15, 0.2) is 0 Å². The predicted molar refractivity (Wildman–Crippen MR) is 129 cm³/mol. The van der Waals surface area contributed by atoms with E-state index >= 15 is 0 Å². The van der Waals surface area contributed by atoms with Crippen molar-refractivity contribution in [3.05, 3.63) is 54.1 Å². The van der Waals surface area contributed by atoms with Gasteiger partial charge >= 0.3 is 0 Å². The van der Waals surface area contributed by atoms with Crippen LogP contribution < -0.4 is 10.2 Å². The van der Waals surface area contributed by atoms with Crippen LogP contribution in [-0.4, -0.2) is 43.7 Å². The third-order valence-electron chi connectivity index (χ3n) is 6.58. The first-order chi connectivity index (χ1) is 15.8. The molecule has 7 nitrogen and oxygen atoms in total. The number of carbonyl (C=O) groups is 2. The maximum atomic E-state index is 13.1. The highest BCUT2D eigenvalue weighted by Crippen LogP contribution is 2.29. The smallest absolute Gasteiger partial charge is 0.243 e. The molecule has 0 spiro atoms. The van der Waals surface area contributed by atoms with E-state index in [1.54, 1.807) is 33.5 Å². The lowest BCUT2D eigenvalue weighted by Gasteiger charge is -2.34. The molecule has 176 valence electrons. The zero-order valence-electron chi connectivity index (χ0n) is 19.2. The topological polar surface area (TPSA) is 86.8 Å². The van der Waals surface area contributed by atoms with E-state index < -0.39 is 15.9 Å². The Kier molecular flexibility index (Phi) is 6.86. The monoisotopic (exact) mass is 469 g/mol. The van der Waals surface area contributed by atoms with Gasteiger partial charge in [0.25, 0.3) is 0 Å². The zero-order chi connectivity index (χ0) is 23.6. The van der Waals surface area contributed by atoms with Gasteiger partial charge in [-0.3, -0.25) is 9.59 Å². The van der Waals surface area contributed by atoms with E-state index in [1.165, 1.54) is 0 Å². The van der Waals surface area contributed by atoms with Gasteiger partial charge in [-0.1, -0.05) is 25.5 Å². The SMILES string of the molecule is CCC1CCCCN1S(=O)(=O)c1ccc(NC(=O)C2CC(=O)N(c3cccc(C)c3)C2)cc1. The number of nitrogens with one attached hydrogen (secondary N) is 1. The number of hydrogen-bond acceptors (Lipinski definition) is 4. The lowest BCUT2D eigenvalue weighted by atomic mass is 10.0. The molecule has 0 saturated carbocycles. The van der Waals surface area contributed by atoms with E-state index in [9.17, 15) is 18.0 Å². The van der Waals surface area contributed by atoms with E-state index in [-0.39, 0.29) is 29.2 Å². The molecule has 1 N–H and O–H groups in total. The predicted octanol–water partition coefficient (Wildman–Crippen LogP) is 3.94. The number of sulfonamides is 1. The lowest BCUT2D eigenvalue weighted by Crippen LogP contribution is -2.43. The summed E-state index contributed by atoms with van der Waals surface area (Å²) >= 11 is 0. The van der Waals surface area contributed by atoms with E-state index in [0.717, 1.165) is 36.9 Å². The standard InChI is InChI=1S/C25H31N3O4S/c1-3-21-8-4-5-14-28(21)33(31,32)23-12-10-20(11-13-23)26-25(30)19-16-24(29)27(17-19)22-9-6-7-18(2)15-22/h6-7,9-13,15,19,21H,3-5,8,14,16-17H2,1-2H3,(H,26,30). The molecule has 2 aromatic carbocycles. The molecule has 2 saturated heterocycles. The van der Waals surface area contributed by atoms with Crippen molar-refractivity contribution in [2.45, 2.75) is 56.9 Å². The number of piperidine rings is 1. The number of benzene rings is 2. The van der Waals surface area contributed by atoms with Crippen LogP contribution in [0.25, 0.3) is 0 Å². The van der Waals surface area contributed by atoms with Gasteiger partial charge in [0.05, 0.1) is 10.8 Å². The van der Waals surface area contributed by atoms with Crippen molar-refractivity contribution in [2.75, 3.05) is 23.3 Å². The van der Waals surface area contributed by atoms with Gasteiger partial charge in [-0.05, 0) is 68.1 Å². The van der Waals surface area contributed by atoms with Crippen LogP contribution in [0.15, 0.2) is 53.4 Å². The van der Waals surface area contributed by atoms with Gasteiger partial charge in [-0.25, -0.2) is 8.42 Å². The third-order valence-corrected chi connectivity index (χ3v) is 8.55. The van der Waals surface area contributed by atoms with Crippen molar-refractivity contribution < 1.29 is 18.0 Å². The van der Waals surface area contributed by atoms with Crippen LogP contribution in [0.4, 0.5) is 11.4 Å². The Balaban J connectivity index is 1.42. The summed E-state index contributed by atoms with van der Waals surface area (Å²) in [6.45, 7) is 4.86. The molecule has 2 fully saturated rings. The lowest BCUT2D eigenvalue weighted by molar-refractivity contribution is -0.122. The van der Waals surface area contributed by atoms with Crippen molar-refractivity contribution in [1.82, 2.24) is 4.31 Å². The number of rotatable bonds is 6. The minimum Gasteiger partial charge on any atom is -0.326 e. The number of amides is 2. The largest absolute Gasteiger partial charge is 0.326 e. The molecule has 8 heteroatoms. The molecule has 4 rings (SSSR count). The van der Waals surface area contributed by atoms with E-state index in [4.69, 9.17) is 0 Å². The Bertz CT molecular complexity index is 1130. The Morgan fingerprint density at radius 3 is 2.58 bits per heavy atom. The average molecular weight is 470 g/mol. The molecule has 2 atom stereocenters. The second kappa shape index (κ2) is 9.65. The molecule has 0 radical (unpaired) electrons. The minimum atomic E-state index is -3.56. The first-order valence-corrected chi connectivity index (χ1v) is 13.0. The number of nitrogens with zero attached hydrogens (tertiary/aromatic N) is 2. The molecule has 0 bridgehead atoms. The summed E-state index contributed by atoms with van der Waals surface area (Å²) in [6, 6.07) is 14.0. The highest BCUT2D eigenvalue weighted by atomic mass is 32.2. The van der Waals surface area contributed by atoms with Crippen LogP contribution in [0.5, 0.6) is 0 Å². The van der Waals surface area contributed by atoms with Crippen LogP contribution in [0.2, 0.25) is 0 Å². The number of carbonyl (C=O) groups excluding carboxylic acids is 2. The van der Waals surface area contributed by atoms with Gasteiger partial charge in [0.2, 0.25) is 21.8 Å². The highest BCUT2D eigenvalue weighted by molar-refractivity contribution is 7.89. The molecule has 2 aliphatic heterocycles. The number of anilines is 2. The maximum Gasteiger partial charge on any atom is 0.243 e. The van der Waals surface area contributed by atoms with Crippen LogP contribution in [0.3, 0.4) is 0 Å². The van der Waals surface area contributed by atoms with Crippen LogP contribution in [-0.2, 0) is 19.6 Å². The molecular weight excluding hydrogens is 438 g/mol. The average Bonchev–Trinajstić information content (AvgIpc) is 3.21. The fraction of sp³-hybridized carbons (Fsp3) is 0.440. The Morgan fingerprint density at radius 1 is 1.12 bits per heavy atom. The molecule has 0 aromatic heterocycles. The van der Waals surface area contributed by atoms with Gasteiger partial charge in [-0.15, -0.1) is 0 Å². The molecule has 33 heavy (non-hydrogen) atoms. The molecule has 2 heterocycles. The first-order valence-electron chi connectivity index (χ1n) is 11.6. The molecular formula is C25H31N3O4S. The minimum absolute atomic E-state index is 0.0411. The summed E-state index contributed by atoms with van der Waals surface area (Å²) < 4.78 is 27.9. The highest BCUT2D eigenvalue weighted by Gasteiger charge is 2.35. The zero-order valence-corrected chi connectivity index (χ0v) is 20.0. The van der Waals surface area contributed by atoms with Gasteiger partial charge in [-0.2, -0.15) is 4.31 Å². The summed E-state index contributed by atoms with van der Waals surface area (Å²) in [5, 5.41) is 2.84. The van der Waals surface area contributed by atoms with E-state index in [0.29, 0.717) is 18.8 Å². The molecule has 2 aromatic rings. The first kappa shape index (κ1) is 23.4. The van der Waals surface area contributed by atoms with Gasteiger partial charge in [0.1, 0.15) is 0 Å². The number of aryl methyl sites for hydroxylation is 1. The number of hydrogen-bond donors (Lipinski definition) is 1. The normalized spacial score (nSPS) is 21.9. The second-order valence-electron chi connectivity index (χ2n) is 8.93. The van der Waals surface area contributed by atoms with E-state index in [2.05, 4.69) is 5.32 Å². The molecule has 0 aliphatic carbocycles. The van der Waals surface area contributed by atoms with Crippen LogP contribution >= 0.6 is 0 Å². The summed E-state index contributed by atoms with van der Waals surface area (Å²) in [5.74, 6) is -0.773. The van der Waals surface area contributed by atoms with Crippen molar-refractivity contribution in [1.29, 1.82) is 0 Å². The molecule has 2 unspecified atom stereocenters. The van der Waals surface area contributed by atoms with Crippen molar-refractivity contribution >= 4 is 33.2 Å². The Hall–Kier alpha value is -2.71. The Labute approximate surface area is 195 Å². The maximum absolute atomic E-state index is 13.1. The summed E-state index contributed by atoms with van der Waals surface area (Å²) in [4.78, 5) is 27.2. The third kappa shape index (κ3) is 4.96. The molecule has 2 aliphatic rings. The van der Waals surface area contributed by atoms with Gasteiger partial charge < -0.3 is 10.2 Å². The fourth-order valence-electron chi connectivity index (χ4n) is 4.72. The fourth-order valence-corrected chi connectivity index (χ4v) is 6.48. The van der Waals surface area contributed by atoms with Gasteiger partial charge in [0, 0.05) is 36.9 Å². The van der Waals surface area contributed by atoms with E-state index in [1.807, 2.05) is 38.1 Å². The Morgan fingerprint density at radius 2 is 1.88 bits per heavy atom. The van der Waals surface area contributed by atoms with Crippen LogP contribution in [0.1, 0.15) is 44.6 Å². The summed E-state index contributed by atoms with van der Waals surface area (Å²) in [6.07, 6.45) is 3.78. The van der Waals surface area contributed by atoms with Crippen molar-refractivity contribution in [3.8, 4) is 0 Å². The molecule has 2 amide bonds. The van der Waals surface area contributed by atoms with Crippen molar-refractivity contribution in [3.63, 3.8) is 0 Å². The van der Waals surface area contributed by atoms with Crippen molar-refractivity contribution in [2.24, 2.45) is 5.92 Å². The summed E-state index contributed by atoms with van der Waals surface area (Å²) in [7, 11) is -3.56.